The van der Waals surface area contributed by atoms with Gasteiger partial charge in [-0.15, -0.1) is 0 Å². The molecule has 0 saturated heterocycles. The van der Waals surface area contributed by atoms with Gasteiger partial charge in [-0.05, 0) is 49.1 Å². The van der Waals surface area contributed by atoms with Crippen LogP contribution in [-0.4, -0.2) is 19.6 Å². The number of halogens is 1. The number of hydrogen-bond acceptors (Lipinski definition) is 2. The number of anilines is 1. The van der Waals surface area contributed by atoms with Crippen LogP contribution in [0.2, 0.25) is 5.02 Å². The van der Waals surface area contributed by atoms with Crippen molar-refractivity contribution in [1.29, 1.82) is 0 Å². The first-order chi connectivity index (χ1) is 9.32. The highest BCUT2D eigenvalue weighted by Crippen LogP contribution is 2.26. The maximum atomic E-state index is 6.16. The van der Waals surface area contributed by atoms with Gasteiger partial charge in [-0.1, -0.05) is 39.3 Å². The molecule has 0 amide bonds. The quantitative estimate of drug-likeness (QED) is 0.793. The lowest BCUT2D eigenvalue weighted by Gasteiger charge is -2.32. The van der Waals surface area contributed by atoms with E-state index < -0.39 is 0 Å². The minimum absolute atomic E-state index is 0.500. The summed E-state index contributed by atoms with van der Waals surface area (Å²) in [6.07, 6.45) is 0. The highest BCUT2D eigenvalue weighted by atomic mass is 35.5. The SMILES string of the molecule is CC(C)CNCc1cc(Cl)ccc1N(C)C(C)C(C)C. The van der Waals surface area contributed by atoms with Gasteiger partial charge >= 0.3 is 0 Å². The second-order valence-electron chi connectivity index (χ2n) is 6.39. The molecule has 114 valence electrons. The Bertz CT molecular complexity index is 415. The number of benzene rings is 1. The number of rotatable bonds is 7. The van der Waals surface area contributed by atoms with Crippen molar-refractivity contribution in [3.05, 3.63) is 28.8 Å². The summed E-state index contributed by atoms with van der Waals surface area (Å²) in [6.45, 7) is 13.1. The molecule has 0 spiro atoms. The lowest BCUT2D eigenvalue weighted by Crippen LogP contribution is -2.34. The molecule has 1 atom stereocenters. The molecule has 0 fully saturated rings. The maximum Gasteiger partial charge on any atom is 0.0412 e. The molecule has 1 aromatic carbocycles. The summed E-state index contributed by atoms with van der Waals surface area (Å²) in [5.74, 6) is 1.28. The van der Waals surface area contributed by atoms with E-state index in [1.165, 1.54) is 11.3 Å². The third-order valence-corrected chi connectivity index (χ3v) is 4.10. The molecular formula is C17H29ClN2. The fourth-order valence-corrected chi connectivity index (χ4v) is 2.40. The van der Waals surface area contributed by atoms with Crippen LogP contribution in [0.4, 0.5) is 5.69 Å². The van der Waals surface area contributed by atoms with Crippen molar-refractivity contribution in [2.24, 2.45) is 11.8 Å². The van der Waals surface area contributed by atoms with Gasteiger partial charge in [0.05, 0.1) is 0 Å². The predicted molar refractivity (Wildman–Crippen MR) is 90.7 cm³/mol. The van der Waals surface area contributed by atoms with Crippen molar-refractivity contribution in [1.82, 2.24) is 5.32 Å². The zero-order chi connectivity index (χ0) is 15.3. The van der Waals surface area contributed by atoms with E-state index in [1.54, 1.807) is 0 Å². The van der Waals surface area contributed by atoms with Gasteiger partial charge in [0, 0.05) is 30.3 Å². The van der Waals surface area contributed by atoms with E-state index in [9.17, 15) is 0 Å². The standard InChI is InChI=1S/C17H29ClN2/c1-12(2)10-19-11-15-9-16(18)7-8-17(15)20(6)14(5)13(3)4/h7-9,12-14,19H,10-11H2,1-6H3. The van der Waals surface area contributed by atoms with Crippen molar-refractivity contribution in [2.45, 2.75) is 47.2 Å². The van der Waals surface area contributed by atoms with Crippen LogP contribution in [0.3, 0.4) is 0 Å². The maximum absolute atomic E-state index is 6.16. The highest BCUT2D eigenvalue weighted by molar-refractivity contribution is 6.30. The first-order valence-electron chi connectivity index (χ1n) is 7.55. The Hall–Kier alpha value is -0.730. The zero-order valence-electron chi connectivity index (χ0n) is 13.7. The molecule has 1 aromatic rings. The molecule has 0 aliphatic rings. The molecule has 0 aliphatic heterocycles. The van der Waals surface area contributed by atoms with Crippen molar-refractivity contribution in [3.8, 4) is 0 Å². The van der Waals surface area contributed by atoms with Gasteiger partial charge < -0.3 is 10.2 Å². The fraction of sp³-hybridized carbons (Fsp3) is 0.647. The minimum Gasteiger partial charge on any atom is -0.371 e. The normalized spacial score (nSPS) is 13.1. The summed E-state index contributed by atoms with van der Waals surface area (Å²) in [6, 6.07) is 6.69. The summed E-state index contributed by atoms with van der Waals surface area (Å²) in [7, 11) is 2.17. The summed E-state index contributed by atoms with van der Waals surface area (Å²) >= 11 is 6.16. The molecule has 2 nitrogen and oxygen atoms in total. The number of nitrogens with one attached hydrogen (secondary N) is 1. The van der Waals surface area contributed by atoms with E-state index in [-0.39, 0.29) is 0 Å². The van der Waals surface area contributed by atoms with Gasteiger partial charge in [-0.25, -0.2) is 0 Å². The van der Waals surface area contributed by atoms with Crippen molar-refractivity contribution >= 4 is 17.3 Å². The smallest absolute Gasteiger partial charge is 0.0412 e. The zero-order valence-corrected chi connectivity index (χ0v) is 14.5. The van der Waals surface area contributed by atoms with Gasteiger partial charge in [-0.3, -0.25) is 0 Å². The second-order valence-corrected chi connectivity index (χ2v) is 6.83. The Morgan fingerprint density at radius 2 is 1.80 bits per heavy atom. The average molecular weight is 297 g/mol. The van der Waals surface area contributed by atoms with Crippen LogP contribution in [0, 0.1) is 11.8 Å². The molecule has 0 aliphatic carbocycles. The van der Waals surface area contributed by atoms with Crippen LogP contribution in [0.25, 0.3) is 0 Å². The summed E-state index contributed by atoms with van der Waals surface area (Å²) < 4.78 is 0. The first-order valence-corrected chi connectivity index (χ1v) is 7.92. The molecule has 0 saturated carbocycles. The third-order valence-electron chi connectivity index (χ3n) is 3.87. The van der Waals surface area contributed by atoms with Crippen molar-refractivity contribution < 1.29 is 0 Å². The Morgan fingerprint density at radius 3 is 2.35 bits per heavy atom. The molecule has 1 N–H and O–H groups in total. The monoisotopic (exact) mass is 296 g/mol. The largest absolute Gasteiger partial charge is 0.371 e. The molecule has 1 unspecified atom stereocenters. The van der Waals surface area contributed by atoms with Crippen molar-refractivity contribution in [3.63, 3.8) is 0 Å². The molecule has 0 aromatic heterocycles. The molecule has 0 radical (unpaired) electrons. The van der Waals surface area contributed by atoms with Crippen LogP contribution < -0.4 is 10.2 Å². The predicted octanol–water partition coefficient (Wildman–Crippen LogP) is 4.57. The van der Waals surface area contributed by atoms with Crippen LogP contribution >= 0.6 is 11.6 Å². The van der Waals surface area contributed by atoms with E-state index in [0.29, 0.717) is 17.9 Å². The lowest BCUT2D eigenvalue weighted by atomic mass is 10.0. The number of nitrogens with zero attached hydrogens (tertiary/aromatic N) is 1. The number of hydrogen-bond donors (Lipinski definition) is 1. The summed E-state index contributed by atoms with van der Waals surface area (Å²) in [5.41, 5.74) is 2.54. The van der Waals surface area contributed by atoms with Gasteiger partial charge in [0.2, 0.25) is 0 Å². The molecule has 0 heterocycles. The van der Waals surface area contributed by atoms with Gasteiger partial charge in [0.15, 0.2) is 0 Å². The summed E-state index contributed by atoms with van der Waals surface area (Å²) in [5, 5.41) is 4.31. The van der Waals surface area contributed by atoms with Gasteiger partial charge in [0.25, 0.3) is 0 Å². The van der Waals surface area contributed by atoms with E-state index in [4.69, 9.17) is 11.6 Å². The first kappa shape index (κ1) is 17.3. The minimum atomic E-state index is 0.500. The Labute approximate surface area is 129 Å². The molecule has 3 heteroatoms. The third kappa shape index (κ3) is 4.99. The van der Waals surface area contributed by atoms with Crippen LogP contribution in [-0.2, 0) is 6.54 Å². The average Bonchev–Trinajstić information content (AvgIpc) is 2.36. The summed E-state index contributed by atoms with van der Waals surface area (Å²) in [4.78, 5) is 2.35. The highest BCUT2D eigenvalue weighted by Gasteiger charge is 2.16. The molecule has 1 rings (SSSR count). The van der Waals surface area contributed by atoms with Crippen LogP contribution in [0.15, 0.2) is 18.2 Å². The Morgan fingerprint density at radius 1 is 1.15 bits per heavy atom. The van der Waals surface area contributed by atoms with Crippen LogP contribution in [0.5, 0.6) is 0 Å². The van der Waals surface area contributed by atoms with E-state index in [0.717, 1.165) is 18.1 Å². The fourth-order valence-electron chi connectivity index (χ4n) is 2.20. The van der Waals surface area contributed by atoms with E-state index in [2.05, 4.69) is 64.0 Å². The van der Waals surface area contributed by atoms with Crippen LogP contribution in [0.1, 0.15) is 40.2 Å². The topological polar surface area (TPSA) is 15.3 Å². The second kappa shape index (κ2) is 7.90. The van der Waals surface area contributed by atoms with E-state index >= 15 is 0 Å². The van der Waals surface area contributed by atoms with Gasteiger partial charge in [0.1, 0.15) is 0 Å². The van der Waals surface area contributed by atoms with Gasteiger partial charge in [-0.2, -0.15) is 0 Å². The molecular weight excluding hydrogens is 268 g/mol. The Balaban J connectivity index is 2.89. The Kier molecular flexibility index (Phi) is 6.84. The van der Waals surface area contributed by atoms with E-state index in [1.807, 2.05) is 6.07 Å². The molecule has 20 heavy (non-hydrogen) atoms. The molecule has 0 bridgehead atoms. The van der Waals surface area contributed by atoms with Crippen molar-refractivity contribution in [2.75, 3.05) is 18.5 Å². The lowest BCUT2D eigenvalue weighted by molar-refractivity contribution is 0.503.